The lowest BCUT2D eigenvalue weighted by atomic mass is 9.53. The fourth-order valence-electron chi connectivity index (χ4n) is 6.23. The Kier molecular flexibility index (Phi) is 4.57. The van der Waals surface area contributed by atoms with E-state index in [2.05, 4.69) is 40.3 Å². The number of carbonyl (C=O) groups is 1. The normalized spacial score (nSPS) is 32.4. The third-order valence-electron chi connectivity index (χ3n) is 6.93. The van der Waals surface area contributed by atoms with Crippen molar-refractivity contribution in [3.05, 3.63) is 58.3 Å². The van der Waals surface area contributed by atoms with Crippen LogP contribution in [0.2, 0.25) is 0 Å². The van der Waals surface area contributed by atoms with Crippen molar-refractivity contribution in [1.29, 1.82) is 0 Å². The fraction of sp³-hybridized carbons (Fsp3) is 0.522. The topological polar surface area (TPSA) is 41.1 Å². The lowest BCUT2D eigenvalue weighted by Gasteiger charge is -2.57. The van der Waals surface area contributed by atoms with Crippen LogP contribution in [-0.2, 0) is 4.79 Å². The van der Waals surface area contributed by atoms with E-state index in [4.69, 9.17) is 0 Å². The average Bonchev–Trinajstić information content (AvgIpc) is 3.19. The molecule has 4 aliphatic carbocycles. The molecule has 6 rings (SSSR count). The van der Waals surface area contributed by atoms with Gasteiger partial charge in [-0.25, -0.2) is 0 Å². The van der Waals surface area contributed by atoms with E-state index in [9.17, 15) is 4.79 Å². The van der Waals surface area contributed by atoms with E-state index in [-0.39, 0.29) is 17.5 Å². The molecule has 2 N–H and O–H groups in total. The number of hydrogen-bond acceptors (Lipinski definition) is 3. The lowest BCUT2D eigenvalue weighted by Crippen LogP contribution is -2.59. The first kappa shape index (κ1) is 17.4. The Bertz CT molecular complexity index is 751. The third kappa shape index (κ3) is 3.57. The van der Waals surface area contributed by atoms with Gasteiger partial charge in [-0.2, -0.15) is 0 Å². The molecule has 1 atom stereocenters. The second-order valence-electron chi connectivity index (χ2n) is 8.98. The fourth-order valence-corrected chi connectivity index (χ4v) is 7.03. The van der Waals surface area contributed by atoms with Crippen LogP contribution in [-0.4, -0.2) is 18.0 Å². The predicted molar refractivity (Wildman–Crippen MR) is 110 cm³/mol. The van der Waals surface area contributed by atoms with Gasteiger partial charge in [-0.15, -0.1) is 11.3 Å². The third-order valence-corrected chi connectivity index (χ3v) is 7.87. The molecular formula is C23H28N2OS. The SMILES string of the molecule is O=C(CNC12CC3CC(CC(C3)C1)C2)N[C@@H](c1ccccc1)c1cccs1. The van der Waals surface area contributed by atoms with Crippen LogP contribution >= 0.6 is 11.3 Å². The number of rotatable bonds is 6. The molecule has 0 saturated heterocycles. The maximum atomic E-state index is 12.8. The minimum atomic E-state index is -0.0585. The molecule has 4 heteroatoms. The van der Waals surface area contributed by atoms with Crippen LogP contribution in [0.3, 0.4) is 0 Å². The van der Waals surface area contributed by atoms with Gasteiger partial charge >= 0.3 is 0 Å². The predicted octanol–water partition coefficient (Wildman–Crippen LogP) is 4.51. The van der Waals surface area contributed by atoms with Crippen LogP contribution < -0.4 is 10.6 Å². The molecule has 1 amide bonds. The maximum absolute atomic E-state index is 12.8. The van der Waals surface area contributed by atoms with Crippen molar-refractivity contribution in [2.24, 2.45) is 17.8 Å². The number of thiophene rings is 1. The summed E-state index contributed by atoms with van der Waals surface area (Å²) in [6.45, 7) is 0.431. The van der Waals surface area contributed by atoms with Gasteiger partial charge in [0.2, 0.25) is 5.91 Å². The summed E-state index contributed by atoms with van der Waals surface area (Å²) in [7, 11) is 0. The first-order valence-corrected chi connectivity index (χ1v) is 11.2. The molecule has 4 aliphatic rings. The summed E-state index contributed by atoms with van der Waals surface area (Å²) < 4.78 is 0. The highest BCUT2D eigenvalue weighted by molar-refractivity contribution is 7.10. The Hall–Kier alpha value is -1.65. The van der Waals surface area contributed by atoms with E-state index >= 15 is 0 Å². The molecule has 27 heavy (non-hydrogen) atoms. The molecule has 142 valence electrons. The van der Waals surface area contributed by atoms with E-state index in [0.29, 0.717) is 6.54 Å². The Balaban J connectivity index is 1.26. The molecule has 1 heterocycles. The summed E-state index contributed by atoms with van der Waals surface area (Å²) in [5.41, 5.74) is 1.38. The maximum Gasteiger partial charge on any atom is 0.234 e. The molecule has 0 radical (unpaired) electrons. The van der Waals surface area contributed by atoms with E-state index in [0.717, 1.165) is 23.3 Å². The van der Waals surface area contributed by atoms with Crippen LogP contribution in [0.15, 0.2) is 47.8 Å². The first-order chi connectivity index (χ1) is 13.2. The minimum absolute atomic E-state index is 0.0585. The van der Waals surface area contributed by atoms with Gasteiger partial charge in [0, 0.05) is 10.4 Å². The van der Waals surface area contributed by atoms with E-state index in [1.54, 1.807) is 11.3 Å². The largest absolute Gasteiger partial charge is 0.343 e. The molecule has 0 aliphatic heterocycles. The van der Waals surface area contributed by atoms with Gasteiger partial charge in [-0.1, -0.05) is 36.4 Å². The molecule has 4 bridgehead atoms. The van der Waals surface area contributed by atoms with Gasteiger partial charge in [0.15, 0.2) is 0 Å². The summed E-state index contributed by atoms with van der Waals surface area (Å²) in [6.07, 6.45) is 8.13. The van der Waals surface area contributed by atoms with Crippen LogP contribution in [0.25, 0.3) is 0 Å². The van der Waals surface area contributed by atoms with Gasteiger partial charge in [0.05, 0.1) is 12.6 Å². The zero-order valence-corrected chi connectivity index (χ0v) is 16.5. The van der Waals surface area contributed by atoms with Crippen molar-refractivity contribution in [3.63, 3.8) is 0 Å². The Morgan fingerprint density at radius 1 is 1.00 bits per heavy atom. The minimum Gasteiger partial charge on any atom is -0.343 e. The van der Waals surface area contributed by atoms with Crippen molar-refractivity contribution in [1.82, 2.24) is 10.6 Å². The molecule has 4 saturated carbocycles. The van der Waals surface area contributed by atoms with Crippen molar-refractivity contribution in [2.45, 2.75) is 50.1 Å². The van der Waals surface area contributed by atoms with E-state index < -0.39 is 0 Å². The summed E-state index contributed by atoms with van der Waals surface area (Å²) in [5.74, 6) is 2.80. The first-order valence-electron chi connectivity index (χ1n) is 10.3. The van der Waals surface area contributed by atoms with Crippen molar-refractivity contribution < 1.29 is 4.79 Å². The quantitative estimate of drug-likeness (QED) is 0.774. The Morgan fingerprint density at radius 2 is 1.67 bits per heavy atom. The molecule has 1 aromatic carbocycles. The van der Waals surface area contributed by atoms with E-state index in [1.165, 1.54) is 43.4 Å². The molecule has 4 fully saturated rings. The van der Waals surface area contributed by atoms with Gasteiger partial charge in [-0.3, -0.25) is 4.79 Å². The molecular weight excluding hydrogens is 352 g/mol. The van der Waals surface area contributed by atoms with E-state index in [1.807, 2.05) is 18.2 Å². The number of nitrogens with one attached hydrogen (secondary N) is 2. The van der Waals surface area contributed by atoms with Crippen molar-refractivity contribution in [2.75, 3.05) is 6.54 Å². The smallest absolute Gasteiger partial charge is 0.234 e. The Labute approximate surface area is 165 Å². The summed E-state index contributed by atoms with van der Waals surface area (Å²) in [5, 5.41) is 9.07. The summed E-state index contributed by atoms with van der Waals surface area (Å²) >= 11 is 1.70. The zero-order valence-electron chi connectivity index (χ0n) is 15.7. The van der Waals surface area contributed by atoms with Crippen LogP contribution in [0.1, 0.15) is 55.0 Å². The molecule has 1 aromatic heterocycles. The highest BCUT2D eigenvalue weighted by atomic mass is 32.1. The number of benzene rings is 1. The van der Waals surface area contributed by atoms with Crippen molar-refractivity contribution >= 4 is 17.2 Å². The molecule has 0 spiro atoms. The number of hydrogen-bond donors (Lipinski definition) is 2. The standard InChI is InChI=1S/C23H28N2OS/c26-21(15-24-23-12-16-9-17(13-23)11-18(10-16)14-23)25-22(20-7-4-8-27-20)19-5-2-1-3-6-19/h1-8,16-18,22,24H,9-15H2,(H,25,26)/t16?,17?,18?,22-,23?/m0/s1. The zero-order chi connectivity index (χ0) is 18.3. The van der Waals surface area contributed by atoms with Crippen molar-refractivity contribution in [3.8, 4) is 0 Å². The van der Waals surface area contributed by atoms with Crippen LogP contribution in [0.5, 0.6) is 0 Å². The second kappa shape index (κ2) is 7.06. The van der Waals surface area contributed by atoms with Crippen LogP contribution in [0.4, 0.5) is 0 Å². The number of carbonyl (C=O) groups excluding carboxylic acids is 1. The lowest BCUT2D eigenvalue weighted by molar-refractivity contribution is -0.122. The summed E-state index contributed by atoms with van der Waals surface area (Å²) in [4.78, 5) is 14.0. The Morgan fingerprint density at radius 3 is 2.26 bits per heavy atom. The molecule has 2 aromatic rings. The van der Waals surface area contributed by atoms with Gasteiger partial charge in [-0.05, 0) is 73.3 Å². The second-order valence-corrected chi connectivity index (χ2v) is 9.96. The van der Waals surface area contributed by atoms with Gasteiger partial charge < -0.3 is 10.6 Å². The molecule has 0 unspecified atom stereocenters. The highest BCUT2D eigenvalue weighted by Gasteiger charge is 2.50. The van der Waals surface area contributed by atoms with Gasteiger partial charge in [0.1, 0.15) is 0 Å². The van der Waals surface area contributed by atoms with Crippen LogP contribution in [0, 0.1) is 17.8 Å². The average molecular weight is 381 g/mol. The van der Waals surface area contributed by atoms with Gasteiger partial charge in [0.25, 0.3) is 0 Å². The summed E-state index contributed by atoms with van der Waals surface area (Å²) in [6, 6.07) is 14.4. The monoisotopic (exact) mass is 380 g/mol. The number of amides is 1. The molecule has 3 nitrogen and oxygen atoms in total. The highest BCUT2D eigenvalue weighted by Crippen LogP contribution is 2.55.